The average molecular weight is 4270 g/mol. The van der Waals surface area contributed by atoms with Crippen molar-refractivity contribution < 1.29 is 1570 Å². The molecule has 0 aliphatic rings. The Balaban J connectivity index is 0. The standard InChI is InChI=1S/48Y. The Hall–Kier alpha value is 53.0. The summed E-state index contributed by atoms with van der Waals surface area (Å²) >= 11 is 0. The zero-order chi connectivity index (χ0) is 0. The molecule has 0 nitrogen and oxygen atoms in total. The third-order valence-electron chi connectivity index (χ3n) is 0. The quantitative estimate of drug-likeness (QED) is 0.318. The van der Waals surface area contributed by atoms with Gasteiger partial charge >= 0.3 is 0 Å². The summed E-state index contributed by atoms with van der Waals surface area (Å²) in [5, 5.41) is 0. The fraction of sp³-hybridized carbons (Fsp3) is 0. The summed E-state index contributed by atoms with van der Waals surface area (Å²) in [7, 11) is 0. The SMILES string of the molecule is [Y].[Y].[Y].[Y].[Y].[Y].[Y].[Y].[Y].[Y].[Y].[Y].[Y].[Y].[Y].[Y].[Y].[Y].[Y].[Y].[Y].[Y].[Y].[Y].[Y].[Y].[Y].[Y].[Y].[Y].[Y].[Y].[Y].[Y].[Y].[Y].[Y].[Y].[Y].[Y].[Y].[Y].[Y].[Y].[Y].[Y].[Y].[Y]. The van der Waals surface area contributed by atoms with E-state index in [1.807, 2.05) is 0 Å². The molecule has 0 aromatic carbocycles. The van der Waals surface area contributed by atoms with Crippen LogP contribution in [0.4, 0.5) is 0 Å². The van der Waals surface area contributed by atoms with E-state index in [1.165, 1.54) is 0 Å². The minimum atomic E-state index is 0. The van der Waals surface area contributed by atoms with Crippen molar-refractivity contribution in [2.24, 2.45) is 0 Å². The number of hydrogen-bond donors (Lipinski definition) is 0. The molecule has 0 saturated heterocycles. The van der Waals surface area contributed by atoms with E-state index in [0.29, 0.717) is 0 Å². The van der Waals surface area contributed by atoms with Gasteiger partial charge in [0.25, 0.3) is 0 Å². The Labute approximate surface area is 1510 Å². The summed E-state index contributed by atoms with van der Waals surface area (Å²) in [6.45, 7) is 0. The smallest absolute Gasteiger partial charge is 0 e. The van der Waals surface area contributed by atoms with Crippen LogP contribution in [0, 0.1) is 0 Å². The van der Waals surface area contributed by atoms with E-state index in [1.54, 1.807) is 0 Å². The molecule has 0 fully saturated rings. The molecular formula is Y48. The van der Waals surface area contributed by atoms with Crippen LogP contribution < -0.4 is 0 Å². The fourth-order valence-electron chi connectivity index (χ4n) is 0. The fourth-order valence-corrected chi connectivity index (χ4v) is 0. The third kappa shape index (κ3) is 339. The molecule has 0 rings (SSSR count). The van der Waals surface area contributed by atoms with E-state index in [9.17, 15) is 0 Å². The van der Waals surface area contributed by atoms with Crippen LogP contribution in [0.3, 0.4) is 0 Å². The van der Waals surface area contributed by atoms with Crippen LogP contribution in [0.15, 0.2) is 0 Å². The second-order valence-electron chi connectivity index (χ2n) is 0. The van der Waals surface area contributed by atoms with Gasteiger partial charge in [0.2, 0.25) is 0 Å². The van der Waals surface area contributed by atoms with Gasteiger partial charge in [0.05, 0.1) is 0 Å². The van der Waals surface area contributed by atoms with E-state index in [-0.39, 0.29) is 1570 Å². The molecule has 0 unspecified atom stereocenters. The zero-order valence-electron chi connectivity index (χ0n) is 27.7. The van der Waals surface area contributed by atoms with Gasteiger partial charge in [-0.3, -0.25) is 0 Å². The second-order valence-corrected chi connectivity index (χ2v) is 0. The predicted molar refractivity (Wildman–Crippen MR) is 0 cm³/mol. The van der Waals surface area contributed by atoms with Crippen molar-refractivity contribution in [3.63, 3.8) is 0 Å². The van der Waals surface area contributed by atoms with E-state index < -0.39 is 0 Å². The van der Waals surface area contributed by atoms with Crippen LogP contribution in [-0.2, 0) is 1570 Å². The molecule has 0 heterocycles. The maximum Gasteiger partial charge on any atom is 0 e. The maximum atomic E-state index is 0. The van der Waals surface area contributed by atoms with Gasteiger partial charge in [0, 0.05) is 1570 Å². The summed E-state index contributed by atoms with van der Waals surface area (Å²) in [6.07, 6.45) is 0. The van der Waals surface area contributed by atoms with Gasteiger partial charge in [0.15, 0.2) is 0 Å². The molecule has 0 atom stereocenters. The maximum absolute atomic E-state index is 0. The summed E-state index contributed by atoms with van der Waals surface area (Å²) in [6, 6.07) is 0. The molecule has 144 valence electrons. The molecular weight excluding hydrogens is 4270 g/mol. The number of rotatable bonds is 0. The summed E-state index contributed by atoms with van der Waals surface area (Å²) in [5.41, 5.74) is 0. The predicted octanol–water partition coefficient (Wildman–Crippen LogP) is -0.120. The summed E-state index contributed by atoms with van der Waals surface area (Å²) in [4.78, 5) is 0. The van der Waals surface area contributed by atoms with Crippen molar-refractivity contribution >= 4 is 0 Å². The van der Waals surface area contributed by atoms with Crippen LogP contribution in [0.1, 0.15) is 0 Å². The first kappa shape index (κ1) is 360. The molecule has 0 aliphatic heterocycles. The first-order chi connectivity index (χ1) is 0. The third-order valence-corrected chi connectivity index (χ3v) is 0. The number of hydrogen-bond acceptors (Lipinski definition) is 0. The van der Waals surface area contributed by atoms with Gasteiger partial charge in [-0.2, -0.15) is 0 Å². The van der Waals surface area contributed by atoms with Gasteiger partial charge < -0.3 is 0 Å². The molecule has 48 heteroatoms. The zero-order valence-corrected chi connectivity index (χ0v) is 164. The van der Waals surface area contributed by atoms with E-state index in [0.717, 1.165) is 0 Å². The molecule has 0 aromatic rings. The van der Waals surface area contributed by atoms with Gasteiger partial charge in [-0.1, -0.05) is 0 Å². The molecule has 0 spiro atoms. The van der Waals surface area contributed by atoms with Crippen molar-refractivity contribution in [2.75, 3.05) is 0 Å². The van der Waals surface area contributed by atoms with Gasteiger partial charge in [-0.05, 0) is 0 Å². The molecule has 0 saturated carbocycles. The summed E-state index contributed by atoms with van der Waals surface area (Å²) in [5.74, 6) is 0. The molecule has 48 radical (unpaired) electrons. The van der Waals surface area contributed by atoms with Crippen LogP contribution in [-0.4, -0.2) is 0 Å². The van der Waals surface area contributed by atoms with Crippen molar-refractivity contribution in [3.8, 4) is 0 Å². The Morgan fingerprint density at radius 1 is 0.0208 bits per heavy atom. The van der Waals surface area contributed by atoms with Gasteiger partial charge in [0.1, 0.15) is 0 Å². The van der Waals surface area contributed by atoms with E-state index in [2.05, 4.69) is 0 Å². The van der Waals surface area contributed by atoms with Crippen molar-refractivity contribution in [1.29, 1.82) is 0 Å². The largest absolute Gasteiger partial charge is 0 e. The molecule has 0 bridgehead atoms. The Morgan fingerprint density at radius 2 is 0.0208 bits per heavy atom. The monoisotopic (exact) mass is 4270 g/mol. The van der Waals surface area contributed by atoms with Crippen molar-refractivity contribution in [2.45, 2.75) is 0 Å². The van der Waals surface area contributed by atoms with Gasteiger partial charge in [-0.15, -0.1) is 0 Å². The van der Waals surface area contributed by atoms with Crippen molar-refractivity contribution in [3.05, 3.63) is 0 Å². The summed E-state index contributed by atoms with van der Waals surface area (Å²) < 4.78 is 0. The van der Waals surface area contributed by atoms with E-state index >= 15 is 0 Å². The Morgan fingerprint density at radius 3 is 0.0208 bits per heavy atom. The van der Waals surface area contributed by atoms with Crippen LogP contribution in [0.2, 0.25) is 0 Å². The van der Waals surface area contributed by atoms with Gasteiger partial charge in [-0.25, -0.2) is 0 Å². The Kier molecular flexibility index (Phi) is 2610. The first-order valence-corrected chi connectivity index (χ1v) is 0. The molecule has 0 aromatic heterocycles. The average Bonchev–Trinajstić information content (AvgIpc) is 0. The first-order valence-electron chi connectivity index (χ1n) is 0. The minimum Gasteiger partial charge on any atom is 0 e. The molecule has 48 heavy (non-hydrogen) atoms. The van der Waals surface area contributed by atoms with Crippen molar-refractivity contribution in [1.82, 2.24) is 0 Å². The molecule has 0 amide bonds. The topological polar surface area (TPSA) is 0 Å². The van der Waals surface area contributed by atoms with E-state index in [4.69, 9.17) is 0 Å². The van der Waals surface area contributed by atoms with Crippen LogP contribution in [0.5, 0.6) is 0 Å². The molecule has 0 aliphatic carbocycles. The van der Waals surface area contributed by atoms with Crippen LogP contribution in [0.25, 0.3) is 0 Å². The minimum absolute atomic E-state index is 0. The Bertz CT molecular complexity index is 0. The molecule has 0 N–H and O–H groups in total. The van der Waals surface area contributed by atoms with Crippen LogP contribution >= 0.6 is 0 Å². The second kappa shape index (κ2) is 349. The normalized spacial score (nSPS) is 0.